The molecule has 0 aliphatic rings. The average molecular weight is 296 g/mol. The molecule has 0 heterocycles. The molecule has 0 aliphatic heterocycles. The summed E-state index contributed by atoms with van der Waals surface area (Å²) in [6, 6.07) is 0. The van der Waals surface area contributed by atoms with Gasteiger partial charge in [0.15, 0.2) is 0 Å². The zero-order valence-corrected chi connectivity index (χ0v) is 14.1. The molecular weight excluding hydrogens is 260 g/mol. The first-order chi connectivity index (χ1) is 10.4. The van der Waals surface area contributed by atoms with Crippen molar-refractivity contribution in [2.24, 2.45) is 5.29 Å². The van der Waals surface area contributed by atoms with Crippen LogP contribution in [0.3, 0.4) is 0 Å². The Morgan fingerprint density at radius 1 is 0.714 bits per heavy atom. The lowest BCUT2D eigenvalue weighted by Crippen LogP contribution is -2.05. The summed E-state index contributed by atoms with van der Waals surface area (Å²) in [6.45, 7) is 3.00. The minimum absolute atomic E-state index is 0.727. The molecular formula is C18H36N2O. The molecule has 3 nitrogen and oxygen atoms in total. The van der Waals surface area contributed by atoms with E-state index in [0.717, 1.165) is 13.0 Å². The first kappa shape index (κ1) is 20.1. The number of allylic oxidation sites excluding steroid dienone is 2. The molecule has 0 rings (SSSR count). The van der Waals surface area contributed by atoms with Crippen LogP contribution in [0.4, 0.5) is 0 Å². The molecule has 3 heteroatoms. The highest BCUT2D eigenvalue weighted by molar-refractivity contribution is 4.81. The van der Waals surface area contributed by atoms with Crippen LogP contribution in [0.2, 0.25) is 0 Å². The summed E-state index contributed by atoms with van der Waals surface area (Å²) in [4.78, 5) is 9.80. The normalized spacial score (nSPS) is 11.1. The summed E-state index contributed by atoms with van der Waals surface area (Å²) >= 11 is 0. The zero-order valence-electron chi connectivity index (χ0n) is 14.1. The van der Waals surface area contributed by atoms with Crippen molar-refractivity contribution in [3.05, 3.63) is 17.1 Å². The van der Waals surface area contributed by atoms with E-state index in [1.807, 2.05) is 0 Å². The first-order valence-corrected chi connectivity index (χ1v) is 9.12. The summed E-state index contributed by atoms with van der Waals surface area (Å²) in [6.07, 6.45) is 23.1. The summed E-state index contributed by atoms with van der Waals surface area (Å²) < 4.78 is 0. The number of nitrogens with zero attached hydrogens (tertiary/aromatic N) is 1. The van der Waals surface area contributed by atoms with E-state index in [0.29, 0.717) is 0 Å². The number of hydrogen-bond donors (Lipinski definition) is 1. The Morgan fingerprint density at radius 2 is 1.19 bits per heavy atom. The number of rotatable bonds is 17. The van der Waals surface area contributed by atoms with Crippen LogP contribution in [-0.4, -0.2) is 6.54 Å². The molecule has 0 aromatic rings. The lowest BCUT2D eigenvalue weighted by Gasteiger charge is -2.00. The van der Waals surface area contributed by atoms with Gasteiger partial charge < -0.3 is 0 Å². The third-order valence-corrected chi connectivity index (χ3v) is 3.86. The fourth-order valence-electron chi connectivity index (χ4n) is 2.50. The highest BCUT2D eigenvalue weighted by Crippen LogP contribution is 2.09. The van der Waals surface area contributed by atoms with Gasteiger partial charge in [-0.2, -0.15) is 0 Å². The van der Waals surface area contributed by atoms with Crippen molar-refractivity contribution in [3.8, 4) is 0 Å². The number of nitroso groups, excluding NO2 is 1. The number of unbranched alkanes of at least 4 members (excludes halogenated alkanes) is 12. The van der Waals surface area contributed by atoms with E-state index < -0.39 is 0 Å². The zero-order chi connectivity index (χ0) is 15.4. The second kappa shape index (κ2) is 19.1. The number of nitrogens with one attached hydrogen (secondary N) is 1. The lowest BCUT2D eigenvalue weighted by molar-refractivity contribution is 0.573. The molecule has 0 radical (unpaired) electrons. The van der Waals surface area contributed by atoms with Crippen LogP contribution in [0.15, 0.2) is 17.4 Å². The Bertz CT molecular complexity index is 229. The third-order valence-electron chi connectivity index (χ3n) is 3.86. The molecule has 0 spiro atoms. The Balaban J connectivity index is 3.03. The van der Waals surface area contributed by atoms with Crippen molar-refractivity contribution in [2.75, 3.05) is 6.54 Å². The van der Waals surface area contributed by atoms with Gasteiger partial charge in [-0.15, -0.1) is 4.91 Å². The van der Waals surface area contributed by atoms with E-state index in [1.54, 1.807) is 0 Å². The van der Waals surface area contributed by atoms with E-state index in [4.69, 9.17) is 0 Å². The largest absolute Gasteiger partial charge is 0.274 e. The molecule has 0 bridgehead atoms. The van der Waals surface area contributed by atoms with Crippen LogP contribution in [0.25, 0.3) is 0 Å². The number of hydrogen-bond acceptors (Lipinski definition) is 2. The first-order valence-electron chi connectivity index (χ1n) is 9.12. The molecule has 0 fully saturated rings. The van der Waals surface area contributed by atoms with Gasteiger partial charge >= 0.3 is 0 Å². The van der Waals surface area contributed by atoms with Crippen LogP contribution in [0.1, 0.15) is 96.8 Å². The van der Waals surface area contributed by atoms with E-state index in [1.165, 1.54) is 83.5 Å². The topological polar surface area (TPSA) is 41.5 Å². The molecule has 0 aliphatic carbocycles. The second-order valence-corrected chi connectivity index (χ2v) is 5.94. The fourth-order valence-corrected chi connectivity index (χ4v) is 2.50. The Morgan fingerprint density at radius 3 is 1.71 bits per heavy atom. The molecule has 0 aromatic heterocycles. The van der Waals surface area contributed by atoms with Crippen LogP contribution in [-0.2, 0) is 0 Å². The summed E-state index contributed by atoms with van der Waals surface area (Å²) in [5.41, 5.74) is 2.46. The summed E-state index contributed by atoms with van der Waals surface area (Å²) in [5.74, 6) is 0. The van der Waals surface area contributed by atoms with Crippen molar-refractivity contribution in [1.29, 1.82) is 0 Å². The Hall–Kier alpha value is -0.860. The molecule has 0 aromatic carbocycles. The van der Waals surface area contributed by atoms with Gasteiger partial charge in [0.25, 0.3) is 0 Å². The van der Waals surface area contributed by atoms with Crippen molar-refractivity contribution in [1.82, 2.24) is 5.43 Å². The monoisotopic (exact) mass is 296 g/mol. The van der Waals surface area contributed by atoms with E-state index >= 15 is 0 Å². The minimum Gasteiger partial charge on any atom is -0.274 e. The van der Waals surface area contributed by atoms with E-state index in [-0.39, 0.29) is 0 Å². The van der Waals surface area contributed by atoms with E-state index in [2.05, 4.69) is 29.8 Å². The summed E-state index contributed by atoms with van der Waals surface area (Å²) in [7, 11) is 0. The molecule has 0 amide bonds. The van der Waals surface area contributed by atoms with Crippen molar-refractivity contribution in [2.45, 2.75) is 96.8 Å². The van der Waals surface area contributed by atoms with Crippen LogP contribution in [0, 0.1) is 4.91 Å². The van der Waals surface area contributed by atoms with Gasteiger partial charge in [0.1, 0.15) is 0 Å². The molecule has 0 unspecified atom stereocenters. The van der Waals surface area contributed by atoms with Gasteiger partial charge in [-0.3, -0.25) is 5.43 Å². The van der Waals surface area contributed by atoms with Crippen molar-refractivity contribution >= 4 is 0 Å². The third kappa shape index (κ3) is 19.1. The van der Waals surface area contributed by atoms with Gasteiger partial charge in [-0.05, 0) is 32.1 Å². The van der Waals surface area contributed by atoms with Crippen LogP contribution in [0.5, 0.6) is 0 Å². The van der Waals surface area contributed by atoms with Gasteiger partial charge in [-0.1, -0.05) is 76.9 Å². The highest BCUT2D eigenvalue weighted by atomic mass is 16.3. The Kier molecular flexibility index (Phi) is 18.4. The Labute approximate surface area is 131 Å². The predicted octanol–water partition coefficient (Wildman–Crippen LogP) is 6.29. The average Bonchev–Trinajstić information content (AvgIpc) is 2.50. The molecule has 0 atom stereocenters. The van der Waals surface area contributed by atoms with Crippen LogP contribution >= 0.6 is 0 Å². The molecule has 21 heavy (non-hydrogen) atoms. The maximum atomic E-state index is 9.80. The highest BCUT2D eigenvalue weighted by Gasteiger charge is 1.91. The minimum atomic E-state index is 0.727. The maximum Gasteiger partial charge on any atom is 0.0496 e. The van der Waals surface area contributed by atoms with Crippen LogP contribution < -0.4 is 5.43 Å². The molecule has 0 saturated heterocycles. The predicted molar refractivity (Wildman–Crippen MR) is 93.2 cm³/mol. The molecule has 124 valence electrons. The van der Waals surface area contributed by atoms with Gasteiger partial charge in [0.05, 0.1) is 0 Å². The van der Waals surface area contributed by atoms with Gasteiger partial charge in [-0.25, -0.2) is 0 Å². The molecule has 0 saturated carbocycles. The van der Waals surface area contributed by atoms with E-state index in [9.17, 15) is 4.91 Å². The van der Waals surface area contributed by atoms with Gasteiger partial charge in [0, 0.05) is 11.8 Å². The smallest absolute Gasteiger partial charge is 0.0496 e. The summed E-state index contributed by atoms with van der Waals surface area (Å²) in [5, 5.41) is 2.64. The lowest BCUT2D eigenvalue weighted by atomic mass is 10.1. The van der Waals surface area contributed by atoms with Crippen molar-refractivity contribution in [3.63, 3.8) is 0 Å². The second-order valence-electron chi connectivity index (χ2n) is 5.94. The molecule has 1 N–H and O–H groups in total. The van der Waals surface area contributed by atoms with Crippen molar-refractivity contribution < 1.29 is 0 Å². The SMILES string of the molecule is CCCCCCCC/C=C\CCCCCCCCNN=O. The quantitative estimate of drug-likeness (QED) is 0.148. The fraction of sp³-hybridized carbons (Fsp3) is 0.889. The van der Waals surface area contributed by atoms with Gasteiger partial charge in [0.2, 0.25) is 0 Å². The standard InChI is InChI=1S/C18H36N2O/c1-2-3-4-5-6-7-8-9-10-11-12-13-14-15-16-17-18-19-20-21/h9-10H,2-8,11-18H2,1H3,(H,19,21)/b10-9-. The maximum absolute atomic E-state index is 9.80.